The molecule has 1 N–H and O–H groups in total. The molecule has 0 aliphatic rings. The number of carbonyl (C=O) groups excluding carboxylic acids is 1. The normalized spacial score (nSPS) is 11.3. The summed E-state index contributed by atoms with van der Waals surface area (Å²) < 4.78 is 32.5. The molecule has 28 heavy (non-hydrogen) atoms. The molecule has 3 rings (SSSR count). The third kappa shape index (κ3) is 4.86. The Kier molecular flexibility index (Phi) is 5.91. The average Bonchev–Trinajstić information content (AvgIpc) is 2.73. The van der Waals surface area contributed by atoms with Crippen LogP contribution in [0.15, 0.2) is 89.8 Å². The molecule has 0 aliphatic carbocycles. The van der Waals surface area contributed by atoms with Crippen LogP contribution in [0, 0.1) is 0 Å². The Hall–Kier alpha value is -3.38. The van der Waals surface area contributed by atoms with Gasteiger partial charge in [-0.1, -0.05) is 54.6 Å². The van der Waals surface area contributed by atoms with Gasteiger partial charge in [-0.05, 0) is 47.0 Å². The number of rotatable bonds is 6. The first-order valence-corrected chi connectivity index (χ1v) is 10.0. The van der Waals surface area contributed by atoms with Crippen LogP contribution in [0.3, 0.4) is 0 Å². The third-order valence-corrected chi connectivity index (χ3v) is 5.40. The quantitative estimate of drug-likeness (QED) is 0.499. The lowest BCUT2D eigenvalue weighted by molar-refractivity contribution is -0.134. The third-order valence-electron chi connectivity index (χ3n) is 4.03. The van der Waals surface area contributed by atoms with Gasteiger partial charge in [0.2, 0.25) is 0 Å². The molecule has 0 atom stereocenters. The molecular weight excluding hydrogens is 374 g/mol. The van der Waals surface area contributed by atoms with Crippen LogP contribution in [-0.4, -0.2) is 21.5 Å². The van der Waals surface area contributed by atoms with Gasteiger partial charge < -0.3 is 4.74 Å². The summed E-state index contributed by atoms with van der Waals surface area (Å²) in [7, 11) is -2.48. The van der Waals surface area contributed by atoms with E-state index in [0.717, 1.165) is 11.1 Å². The van der Waals surface area contributed by atoms with Crippen molar-refractivity contribution in [3.05, 3.63) is 90.5 Å². The number of nitrogens with one attached hydrogen (secondary N) is 1. The van der Waals surface area contributed by atoms with E-state index in [2.05, 4.69) is 9.46 Å². The number of carbonyl (C=O) groups is 1. The molecule has 142 valence electrons. The van der Waals surface area contributed by atoms with E-state index in [1.54, 1.807) is 24.3 Å². The first-order chi connectivity index (χ1) is 13.5. The predicted octanol–water partition coefficient (Wildman–Crippen LogP) is 4.34. The minimum absolute atomic E-state index is 0.103. The van der Waals surface area contributed by atoms with Gasteiger partial charge in [-0.3, -0.25) is 4.72 Å². The van der Waals surface area contributed by atoms with Crippen molar-refractivity contribution in [1.82, 2.24) is 0 Å². The van der Waals surface area contributed by atoms with E-state index in [0.29, 0.717) is 11.3 Å². The number of hydrogen-bond donors (Lipinski definition) is 1. The number of anilines is 1. The Morgan fingerprint density at radius 2 is 1.57 bits per heavy atom. The van der Waals surface area contributed by atoms with Crippen molar-refractivity contribution in [1.29, 1.82) is 0 Å². The lowest BCUT2D eigenvalue weighted by Crippen LogP contribution is -2.12. The minimum Gasteiger partial charge on any atom is -0.466 e. The average molecular weight is 393 g/mol. The Bertz CT molecular complexity index is 1090. The first-order valence-electron chi connectivity index (χ1n) is 8.52. The van der Waals surface area contributed by atoms with E-state index in [-0.39, 0.29) is 4.90 Å². The standard InChI is InChI=1S/C22H19NO4S/c1-27-22(24)15-10-17-6-5-9-21(16-17)28(25,26)23-20-13-11-19(12-14-20)18-7-3-2-4-8-18/h2-16,23H,1H3. The topological polar surface area (TPSA) is 72.5 Å². The number of benzene rings is 3. The van der Waals surface area contributed by atoms with Crippen molar-refractivity contribution in [2.75, 3.05) is 11.8 Å². The number of sulfonamides is 1. The highest BCUT2D eigenvalue weighted by Crippen LogP contribution is 2.23. The maximum atomic E-state index is 12.7. The number of ether oxygens (including phenoxy) is 1. The Labute approximate surface area is 164 Å². The summed E-state index contributed by atoms with van der Waals surface area (Å²) in [5.41, 5.74) is 3.10. The first kappa shape index (κ1) is 19.4. The molecule has 0 heterocycles. The van der Waals surface area contributed by atoms with Crippen molar-refractivity contribution in [2.24, 2.45) is 0 Å². The molecule has 5 nitrogen and oxygen atoms in total. The van der Waals surface area contributed by atoms with Gasteiger partial charge in [-0.15, -0.1) is 0 Å². The fourth-order valence-electron chi connectivity index (χ4n) is 2.59. The number of methoxy groups -OCH3 is 1. The Morgan fingerprint density at radius 1 is 0.893 bits per heavy atom. The maximum Gasteiger partial charge on any atom is 0.330 e. The van der Waals surface area contributed by atoms with Gasteiger partial charge in [0.05, 0.1) is 12.0 Å². The zero-order valence-electron chi connectivity index (χ0n) is 15.2. The van der Waals surface area contributed by atoms with Gasteiger partial charge in [0, 0.05) is 11.8 Å². The molecule has 0 aliphatic heterocycles. The molecule has 0 spiro atoms. The van der Waals surface area contributed by atoms with Gasteiger partial charge in [-0.25, -0.2) is 13.2 Å². The maximum absolute atomic E-state index is 12.7. The molecule has 0 fully saturated rings. The van der Waals surface area contributed by atoms with E-state index in [9.17, 15) is 13.2 Å². The van der Waals surface area contributed by atoms with Crippen LogP contribution in [-0.2, 0) is 19.6 Å². The summed E-state index contributed by atoms with van der Waals surface area (Å²) in [6, 6.07) is 23.3. The molecule has 0 saturated heterocycles. The van der Waals surface area contributed by atoms with Crippen LogP contribution in [0.4, 0.5) is 5.69 Å². The lowest BCUT2D eigenvalue weighted by Gasteiger charge is -2.10. The van der Waals surface area contributed by atoms with Gasteiger partial charge in [-0.2, -0.15) is 0 Å². The Balaban J connectivity index is 1.78. The van der Waals surface area contributed by atoms with Gasteiger partial charge in [0.15, 0.2) is 0 Å². The van der Waals surface area contributed by atoms with Crippen molar-refractivity contribution >= 4 is 27.8 Å². The molecule has 0 amide bonds. The van der Waals surface area contributed by atoms with Crippen molar-refractivity contribution in [3.8, 4) is 11.1 Å². The van der Waals surface area contributed by atoms with Gasteiger partial charge >= 0.3 is 5.97 Å². The molecule has 0 aromatic heterocycles. The molecule has 0 bridgehead atoms. The highest BCUT2D eigenvalue weighted by atomic mass is 32.2. The smallest absolute Gasteiger partial charge is 0.330 e. The molecule has 0 saturated carbocycles. The predicted molar refractivity (Wildman–Crippen MR) is 110 cm³/mol. The summed E-state index contributed by atoms with van der Waals surface area (Å²) in [5.74, 6) is -0.509. The van der Waals surface area contributed by atoms with Crippen LogP contribution >= 0.6 is 0 Å². The SMILES string of the molecule is COC(=O)C=Cc1cccc(S(=O)(=O)Nc2ccc(-c3ccccc3)cc2)c1. The second-order valence-corrected chi connectivity index (χ2v) is 7.66. The van der Waals surface area contributed by atoms with Crippen LogP contribution in [0.1, 0.15) is 5.56 Å². The van der Waals surface area contributed by atoms with Crippen molar-refractivity contribution in [3.63, 3.8) is 0 Å². The number of esters is 1. The van der Waals surface area contributed by atoms with Crippen molar-refractivity contribution in [2.45, 2.75) is 4.90 Å². The summed E-state index contributed by atoms with van der Waals surface area (Å²) in [6.07, 6.45) is 2.74. The minimum atomic E-state index is -3.76. The van der Waals surface area contributed by atoms with Crippen LogP contribution in [0.25, 0.3) is 17.2 Å². The van der Waals surface area contributed by atoms with E-state index < -0.39 is 16.0 Å². The second kappa shape index (κ2) is 8.54. The molecular formula is C22H19NO4S. The van der Waals surface area contributed by atoms with Gasteiger partial charge in [0.25, 0.3) is 10.0 Å². The van der Waals surface area contributed by atoms with E-state index >= 15 is 0 Å². The van der Waals surface area contributed by atoms with E-state index in [1.807, 2.05) is 42.5 Å². The largest absolute Gasteiger partial charge is 0.466 e. The number of hydrogen-bond acceptors (Lipinski definition) is 4. The highest BCUT2D eigenvalue weighted by molar-refractivity contribution is 7.92. The molecule has 6 heteroatoms. The summed E-state index contributed by atoms with van der Waals surface area (Å²) in [5, 5.41) is 0. The monoisotopic (exact) mass is 393 g/mol. The van der Waals surface area contributed by atoms with Gasteiger partial charge in [0.1, 0.15) is 0 Å². The zero-order chi connectivity index (χ0) is 20.0. The van der Waals surface area contributed by atoms with Crippen LogP contribution in [0.5, 0.6) is 0 Å². The summed E-state index contributed by atoms with van der Waals surface area (Å²) in [4.78, 5) is 11.3. The highest BCUT2D eigenvalue weighted by Gasteiger charge is 2.14. The molecule has 0 radical (unpaired) electrons. The summed E-state index contributed by atoms with van der Waals surface area (Å²) in [6.45, 7) is 0. The van der Waals surface area contributed by atoms with Crippen molar-refractivity contribution < 1.29 is 17.9 Å². The van der Waals surface area contributed by atoms with Crippen LogP contribution < -0.4 is 4.72 Å². The van der Waals surface area contributed by atoms with E-state index in [1.165, 1.54) is 31.4 Å². The van der Waals surface area contributed by atoms with Crippen LogP contribution in [0.2, 0.25) is 0 Å². The lowest BCUT2D eigenvalue weighted by atomic mass is 10.1. The molecule has 0 unspecified atom stereocenters. The summed E-state index contributed by atoms with van der Waals surface area (Å²) >= 11 is 0. The molecule has 3 aromatic rings. The van der Waals surface area contributed by atoms with E-state index in [4.69, 9.17) is 0 Å². The second-order valence-electron chi connectivity index (χ2n) is 5.98. The fraction of sp³-hybridized carbons (Fsp3) is 0.0455. The molecule has 3 aromatic carbocycles. The zero-order valence-corrected chi connectivity index (χ0v) is 16.0. The Morgan fingerprint density at radius 3 is 2.25 bits per heavy atom. The fourth-order valence-corrected chi connectivity index (χ4v) is 3.71.